The number of nitrogens with zero attached hydrogens (tertiary/aromatic N) is 2. The van der Waals surface area contributed by atoms with E-state index in [1.807, 2.05) is 65.2 Å². The van der Waals surface area contributed by atoms with Crippen LogP contribution in [0, 0.1) is 4.77 Å². The molecule has 0 bridgehead atoms. The zero-order valence-corrected chi connectivity index (χ0v) is 13.2. The molecule has 0 aliphatic carbocycles. The standard InChI is InChI=1S/C17H16N4OS/c22-16(18-14-9-5-2-6-10-14)11-15-19-20-17(23)21(15)12-13-7-3-1-4-8-13/h1-10H,11-12H2,(H,18,22)(H,20,23). The minimum absolute atomic E-state index is 0.125. The van der Waals surface area contributed by atoms with E-state index in [9.17, 15) is 4.79 Å². The van der Waals surface area contributed by atoms with Crippen LogP contribution in [0.4, 0.5) is 5.69 Å². The quantitative estimate of drug-likeness (QED) is 0.709. The minimum atomic E-state index is -0.125. The number of carbonyl (C=O) groups is 1. The van der Waals surface area contributed by atoms with Crippen molar-refractivity contribution in [1.82, 2.24) is 14.8 Å². The summed E-state index contributed by atoms with van der Waals surface area (Å²) < 4.78 is 2.35. The van der Waals surface area contributed by atoms with Gasteiger partial charge in [-0.15, -0.1) is 0 Å². The second-order valence-corrected chi connectivity index (χ2v) is 5.49. The smallest absolute Gasteiger partial charge is 0.232 e. The lowest BCUT2D eigenvalue weighted by Gasteiger charge is -2.08. The molecule has 0 unspecified atom stereocenters. The predicted molar refractivity (Wildman–Crippen MR) is 91.7 cm³/mol. The first kappa shape index (κ1) is 15.2. The van der Waals surface area contributed by atoms with Gasteiger partial charge in [0, 0.05) is 5.69 Å². The van der Waals surface area contributed by atoms with Gasteiger partial charge < -0.3 is 5.32 Å². The Hall–Kier alpha value is -2.73. The zero-order chi connectivity index (χ0) is 16.1. The summed E-state index contributed by atoms with van der Waals surface area (Å²) in [5.41, 5.74) is 1.87. The number of aromatic nitrogens is 3. The third kappa shape index (κ3) is 3.92. The van der Waals surface area contributed by atoms with E-state index in [1.165, 1.54) is 0 Å². The third-order valence-electron chi connectivity index (χ3n) is 3.40. The van der Waals surface area contributed by atoms with Crippen LogP contribution in [-0.4, -0.2) is 20.7 Å². The molecule has 5 nitrogen and oxygen atoms in total. The van der Waals surface area contributed by atoms with Crippen LogP contribution in [0.1, 0.15) is 11.4 Å². The molecule has 2 aromatic carbocycles. The fourth-order valence-corrected chi connectivity index (χ4v) is 2.50. The number of hydrogen-bond acceptors (Lipinski definition) is 3. The molecule has 0 spiro atoms. The highest BCUT2D eigenvalue weighted by Gasteiger charge is 2.12. The summed E-state index contributed by atoms with van der Waals surface area (Å²) in [4.78, 5) is 12.2. The molecule has 116 valence electrons. The number of benzene rings is 2. The SMILES string of the molecule is O=C(Cc1n[nH]c(=S)n1Cc1ccccc1)Nc1ccccc1. The van der Waals surface area contributed by atoms with Crippen LogP contribution >= 0.6 is 12.2 Å². The molecule has 1 aromatic heterocycles. The molecule has 23 heavy (non-hydrogen) atoms. The van der Waals surface area contributed by atoms with E-state index in [4.69, 9.17) is 12.2 Å². The van der Waals surface area contributed by atoms with Crippen molar-refractivity contribution >= 4 is 23.8 Å². The Bertz CT molecular complexity index is 840. The molecular weight excluding hydrogens is 308 g/mol. The van der Waals surface area contributed by atoms with Gasteiger partial charge in [-0.3, -0.25) is 14.5 Å². The fraction of sp³-hybridized carbons (Fsp3) is 0.118. The van der Waals surface area contributed by atoms with Gasteiger partial charge in [-0.1, -0.05) is 48.5 Å². The van der Waals surface area contributed by atoms with E-state index in [0.717, 1.165) is 11.3 Å². The van der Waals surface area contributed by atoms with Gasteiger partial charge in [-0.2, -0.15) is 5.10 Å². The summed E-state index contributed by atoms with van der Waals surface area (Å²) in [7, 11) is 0. The highest BCUT2D eigenvalue weighted by Crippen LogP contribution is 2.09. The van der Waals surface area contributed by atoms with Crippen LogP contribution in [0.25, 0.3) is 0 Å². The topological polar surface area (TPSA) is 62.7 Å². The van der Waals surface area contributed by atoms with E-state index in [2.05, 4.69) is 15.5 Å². The Morgan fingerprint density at radius 3 is 2.43 bits per heavy atom. The van der Waals surface area contributed by atoms with Crippen molar-refractivity contribution in [3.05, 3.63) is 76.8 Å². The minimum Gasteiger partial charge on any atom is -0.326 e. The van der Waals surface area contributed by atoms with E-state index in [-0.39, 0.29) is 12.3 Å². The predicted octanol–water partition coefficient (Wildman–Crippen LogP) is 3.17. The Balaban J connectivity index is 1.73. The first-order chi connectivity index (χ1) is 11.2. The first-order valence-electron chi connectivity index (χ1n) is 7.25. The summed E-state index contributed by atoms with van der Waals surface area (Å²) in [5.74, 6) is 0.492. The molecule has 1 heterocycles. The number of rotatable bonds is 5. The second kappa shape index (κ2) is 7.02. The highest BCUT2D eigenvalue weighted by atomic mass is 32.1. The zero-order valence-electron chi connectivity index (χ0n) is 12.4. The highest BCUT2D eigenvalue weighted by molar-refractivity contribution is 7.71. The van der Waals surface area contributed by atoms with Crippen molar-refractivity contribution in [1.29, 1.82) is 0 Å². The molecular formula is C17H16N4OS. The maximum Gasteiger partial charge on any atom is 0.232 e. The summed E-state index contributed by atoms with van der Waals surface area (Å²) in [5, 5.41) is 9.79. The average molecular weight is 324 g/mol. The van der Waals surface area contributed by atoms with Crippen molar-refractivity contribution in [2.24, 2.45) is 0 Å². The van der Waals surface area contributed by atoms with Crippen LogP contribution in [0.2, 0.25) is 0 Å². The van der Waals surface area contributed by atoms with Crippen molar-refractivity contribution < 1.29 is 4.79 Å². The second-order valence-electron chi connectivity index (χ2n) is 5.11. The van der Waals surface area contributed by atoms with E-state index in [1.54, 1.807) is 0 Å². The number of hydrogen-bond donors (Lipinski definition) is 2. The lowest BCUT2D eigenvalue weighted by molar-refractivity contribution is -0.115. The molecule has 3 rings (SSSR count). The van der Waals surface area contributed by atoms with Gasteiger partial charge in [0.05, 0.1) is 13.0 Å². The maximum absolute atomic E-state index is 12.2. The van der Waals surface area contributed by atoms with Gasteiger partial charge >= 0.3 is 0 Å². The van der Waals surface area contributed by atoms with Gasteiger partial charge in [0.1, 0.15) is 5.82 Å². The summed E-state index contributed by atoms with van der Waals surface area (Å²) >= 11 is 5.27. The molecule has 0 saturated heterocycles. The van der Waals surface area contributed by atoms with Crippen LogP contribution in [-0.2, 0) is 17.8 Å². The number of aromatic amines is 1. The van der Waals surface area contributed by atoms with E-state index >= 15 is 0 Å². The monoisotopic (exact) mass is 324 g/mol. The molecule has 6 heteroatoms. The number of anilines is 1. The van der Waals surface area contributed by atoms with Crippen molar-refractivity contribution in [2.45, 2.75) is 13.0 Å². The normalized spacial score (nSPS) is 10.4. The fourth-order valence-electron chi connectivity index (χ4n) is 2.28. The van der Waals surface area contributed by atoms with Gasteiger partial charge in [0.25, 0.3) is 0 Å². The summed E-state index contributed by atoms with van der Waals surface area (Å²) in [6.45, 7) is 0.587. The van der Waals surface area contributed by atoms with Crippen molar-refractivity contribution in [3.8, 4) is 0 Å². The van der Waals surface area contributed by atoms with Gasteiger partial charge in [0.15, 0.2) is 4.77 Å². The number of nitrogens with one attached hydrogen (secondary N) is 2. The molecule has 3 aromatic rings. The van der Waals surface area contributed by atoms with Crippen molar-refractivity contribution in [2.75, 3.05) is 5.32 Å². The maximum atomic E-state index is 12.2. The van der Waals surface area contributed by atoms with Crippen LogP contribution in [0.5, 0.6) is 0 Å². The molecule has 1 amide bonds. The first-order valence-corrected chi connectivity index (χ1v) is 7.66. The van der Waals surface area contributed by atoms with Crippen LogP contribution < -0.4 is 5.32 Å². The van der Waals surface area contributed by atoms with Gasteiger partial charge in [-0.05, 0) is 29.9 Å². The molecule has 0 aliphatic heterocycles. The average Bonchev–Trinajstić information content (AvgIpc) is 2.90. The van der Waals surface area contributed by atoms with E-state index < -0.39 is 0 Å². The third-order valence-corrected chi connectivity index (χ3v) is 3.71. The summed E-state index contributed by atoms with van der Waals surface area (Å²) in [6, 6.07) is 19.3. The molecule has 0 atom stereocenters. The number of carbonyl (C=O) groups excluding carboxylic acids is 1. The van der Waals surface area contributed by atoms with Crippen LogP contribution in [0.15, 0.2) is 60.7 Å². The molecule has 0 fully saturated rings. The lowest BCUT2D eigenvalue weighted by atomic mass is 10.2. The lowest BCUT2D eigenvalue weighted by Crippen LogP contribution is -2.18. The number of H-pyrrole nitrogens is 1. The largest absolute Gasteiger partial charge is 0.326 e. The Morgan fingerprint density at radius 2 is 1.74 bits per heavy atom. The number of para-hydroxylation sites is 1. The van der Waals surface area contributed by atoms with E-state index in [0.29, 0.717) is 17.1 Å². The van der Waals surface area contributed by atoms with Crippen molar-refractivity contribution in [3.63, 3.8) is 0 Å². The van der Waals surface area contributed by atoms with Gasteiger partial charge in [-0.25, -0.2) is 0 Å². The molecule has 0 radical (unpaired) electrons. The molecule has 0 aliphatic rings. The Kier molecular flexibility index (Phi) is 4.63. The van der Waals surface area contributed by atoms with Gasteiger partial charge in [0.2, 0.25) is 5.91 Å². The summed E-state index contributed by atoms with van der Waals surface area (Å²) in [6.07, 6.45) is 0.162. The number of amides is 1. The Labute approximate surface area is 139 Å². The van der Waals surface area contributed by atoms with Crippen LogP contribution in [0.3, 0.4) is 0 Å². The Morgan fingerprint density at radius 1 is 1.09 bits per heavy atom. The molecule has 0 saturated carbocycles. The molecule has 2 N–H and O–H groups in total.